The topological polar surface area (TPSA) is 58.4 Å². The first-order chi connectivity index (χ1) is 9.15. The number of hydrogen-bond donors (Lipinski definition) is 2. The average molecular weight is 261 g/mol. The number of para-hydroxylation sites is 2. The maximum atomic E-state index is 11.9. The van der Waals surface area contributed by atoms with E-state index in [2.05, 4.69) is 17.1 Å². The Hall–Kier alpha value is -1.55. The van der Waals surface area contributed by atoms with E-state index in [0.717, 1.165) is 25.6 Å². The second kappa shape index (κ2) is 6.57. The molecule has 1 aromatic rings. The van der Waals surface area contributed by atoms with Gasteiger partial charge in [-0.2, -0.15) is 0 Å². The van der Waals surface area contributed by atoms with Crippen LogP contribution in [0.2, 0.25) is 0 Å². The number of carbonyl (C=O) groups excluding carboxylic acids is 1. The van der Waals surface area contributed by atoms with E-state index in [1.807, 2.05) is 18.2 Å². The number of hydrogen-bond acceptors (Lipinski definition) is 3. The Morgan fingerprint density at radius 3 is 2.74 bits per heavy atom. The quantitative estimate of drug-likeness (QED) is 0.818. The average Bonchev–Trinajstić information content (AvgIpc) is 2.41. The number of rotatable bonds is 4. The molecule has 1 heterocycles. The van der Waals surface area contributed by atoms with Crippen molar-refractivity contribution in [1.82, 2.24) is 4.90 Å². The predicted molar refractivity (Wildman–Crippen MR) is 78.9 cm³/mol. The van der Waals surface area contributed by atoms with Crippen molar-refractivity contribution in [2.75, 3.05) is 30.7 Å². The van der Waals surface area contributed by atoms with Gasteiger partial charge in [0.1, 0.15) is 0 Å². The number of nitrogens with two attached hydrogens (primary N) is 1. The summed E-state index contributed by atoms with van der Waals surface area (Å²) in [5.74, 6) is 0.866. The lowest BCUT2D eigenvalue weighted by Crippen LogP contribution is -2.35. The van der Waals surface area contributed by atoms with E-state index in [1.54, 1.807) is 6.07 Å². The highest BCUT2D eigenvalue weighted by Crippen LogP contribution is 2.18. The van der Waals surface area contributed by atoms with Crippen LogP contribution in [0.25, 0.3) is 0 Å². The summed E-state index contributed by atoms with van der Waals surface area (Å²) in [6.07, 6.45) is 3.02. The Kier molecular flexibility index (Phi) is 4.80. The fourth-order valence-electron chi connectivity index (χ4n) is 2.37. The van der Waals surface area contributed by atoms with Crippen LogP contribution in [-0.2, 0) is 4.79 Å². The molecule has 3 N–H and O–H groups in total. The van der Waals surface area contributed by atoms with Gasteiger partial charge in [-0.15, -0.1) is 0 Å². The molecule has 1 aliphatic heterocycles. The fraction of sp³-hybridized carbons (Fsp3) is 0.533. The molecule has 1 aliphatic rings. The minimum Gasteiger partial charge on any atom is -0.397 e. The van der Waals surface area contributed by atoms with Crippen molar-refractivity contribution in [2.45, 2.75) is 26.2 Å². The van der Waals surface area contributed by atoms with Gasteiger partial charge in [0.2, 0.25) is 5.91 Å². The molecule has 0 unspecified atom stereocenters. The molecule has 1 fully saturated rings. The van der Waals surface area contributed by atoms with Crippen LogP contribution in [0.1, 0.15) is 26.2 Å². The summed E-state index contributed by atoms with van der Waals surface area (Å²) >= 11 is 0. The SMILES string of the molecule is CC1CCN(CCC(=O)Nc2ccccc2N)CC1. The monoisotopic (exact) mass is 261 g/mol. The Balaban J connectivity index is 1.74. The van der Waals surface area contributed by atoms with Crippen molar-refractivity contribution in [2.24, 2.45) is 5.92 Å². The van der Waals surface area contributed by atoms with Crippen LogP contribution in [-0.4, -0.2) is 30.4 Å². The van der Waals surface area contributed by atoms with Crippen molar-refractivity contribution in [3.05, 3.63) is 24.3 Å². The minimum atomic E-state index is 0.0384. The molecule has 0 aliphatic carbocycles. The molecule has 4 heteroatoms. The van der Waals surface area contributed by atoms with Gasteiger partial charge in [0, 0.05) is 13.0 Å². The number of benzene rings is 1. The van der Waals surface area contributed by atoms with Gasteiger partial charge >= 0.3 is 0 Å². The molecule has 0 radical (unpaired) electrons. The van der Waals surface area contributed by atoms with E-state index >= 15 is 0 Å². The van der Waals surface area contributed by atoms with Crippen LogP contribution in [0.4, 0.5) is 11.4 Å². The summed E-state index contributed by atoms with van der Waals surface area (Å²) in [5.41, 5.74) is 7.12. The molecule has 0 bridgehead atoms. The zero-order chi connectivity index (χ0) is 13.7. The van der Waals surface area contributed by atoms with Crippen molar-refractivity contribution in [3.63, 3.8) is 0 Å². The minimum absolute atomic E-state index is 0.0384. The van der Waals surface area contributed by atoms with Crippen LogP contribution < -0.4 is 11.1 Å². The largest absolute Gasteiger partial charge is 0.397 e. The van der Waals surface area contributed by atoms with Crippen molar-refractivity contribution in [1.29, 1.82) is 0 Å². The summed E-state index contributed by atoms with van der Waals surface area (Å²) in [5, 5.41) is 2.87. The summed E-state index contributed by atoms with van der Waals surface area (Å²) in [6, 6.07) is 7.36. The molecule has 4 nitrogen and oxygen atoms in total. The first-order valence-corrected chi connectivity index (χ1v) is 7.02. The molecule has 1 amide bonds. The summed E-state index contributed by atoms with van der Waals surface area (Å²) in [6.45, 7) is 5.36. The Labute approximate surface area is 115 Å². The van der Waals surface area contributed by atoms with Crippen LogP contribution in [0.5, 0.6) is 0 Å². The second-order valence-electron chi connectivity index (χ2n) is 5.41. The Bertz CT molecular complexity index is 425. The van der Waals surface area contributed by atoms with E-state index in [-0.39, 0.29) is 5.91 Å². The van der Waals surface area contributed by atoms with E-state index in [0.29, 0.717) is 17.8 Å². The maximum Gasteiger partial charge on any atom is 0.225 e. The molecule has 2 rings (SSSR count). The third kappa shape index (κ3) is 4.24. The third-order valence-electron chi connectivity index (χ3n) is 3.77. The molecular formula is C15H23N3O. The molecule has 0 spiro atoms. The molecule has 104 valence electrons. The van der Waals surface area contributed by atoms with E-state index < -0.39 is 0 Å². The number of anilines is 2. The van der Waals surface area contributed by atoms with Gasteiger partial charge in [-0.05, 0) is 44.0 Å². The Morgan fingerprint density at radius 2 is 2.05 bits per heavy atom. The first kappa shape index (κ1) is 13.9. The zero-order valence-corrected chi connectivity index (χ0v) is 11.6. The van der Waals surface area contributed by atoms with Gasteiger partial charge in [-0.3, -0.25) is 4.79 Å². The van der Waals surface area contributed by atoms with Gasteiger partial charge in [0.15, 0.2) is 0 Å². The zero-order valence-electron chi connectivity index (χ0n) is 11.6. The highest BCUT2D eigenvalue weighted by Gasteiger charge is 2.16. The van der Waals surface area contributed by atoms with Gasteiger partial charge in [-0.1, -0.05) is 19.1 Å². The molecule has 19 heavy (non-hydrogen) atoms. The first-order valence-electron chi connectivity index (χ1n) is 7.02. The van der Waals surface area contributed by atoms with E-state index in [4.69, 9.17) is 5.73 Å². The number of likely N-dealkylation sites (tertiary alicyclic amines) is 1. The lowest BCUT2D eigenvalue weighted by molar-refractivity contribution is -0.116. The molecule has 0 aromatic heterocycles. The lowest BCUT2D eigenvalue weighted by Gasteiger charge is -2.29. The van der Waals surface area contributed by atoms with E-state index in [1.165, 1.54) is 12.8 Å². The third-order valence-corrected chi connectivity index (χ3v) is 3.77. The molecule has 0 atom stereocenters. The number of amides is 1. The van der Waals surface area contributed by atoms with Crippen molar-refractivity contribution in [3.8, 4) is 0 Å². The maximum absolute atomic E-state index is 11.9. The number of carbonyl (C=O) groups is 1. The van der Waals surface area contributed by atoms with Crippen molar-refractivity contribution < 1.29 is 4.79 Å². The van der Waals surface area contributed by atoms with Crippen LogP contribution in [0.15, 0.2) is 24.3 Å². The normalized spacial score (nSPS) is 17.3. The molecular weight excluding hydrogens is 238 g/mol. The molecule has 0 saturated carbocycles. The van der Waals surface area contributed by atoms with Crippen LogP contribution >= 0.6 is 0 Å². The number of nitrogens with one attached hydrogen (secondary N) is 1. The van der Waals surface area contributed by atoms with Crippen molar-refractivity contribution >= 4 is 17.3 Å². The number of piperidine rings is 1. The summed E-state index contributed by atoms with van der Waals surface area (Å²) in [7, 11) is 0. The Morgan fingerprint density at radius 1 is 1.37 bits per heavy atom. The summed E-state index contributed by atoms with van der Waals surface area (Å²) in [4.78, 5) is 14.2. The molecule has 1 aromatic carbocycles. The van der Waals surface area contributed by atoms with Gasteiger partial charge < -0.3 is 16.0 Å². The number of nitrogens with zero attached hydrogens (tertiary/aromatic N) is 1. The van der Waals surface area contributed by atoms with Crippen LogP contribution in [0.3, 0.4) is 0 Å². The van der Waals surface area contributed by atoms with Gasteiger partial charge in [0.25, 0.3) is 0 Å². The van der Waals surface area contributed by atoms with Crippen LogP contribution in [0, 0.1) is 5.92 Å². The summed E-state index contributed by atoms with van der Waals surface area (Å²) < 4.78 is 0. The highest BCUT2D eigenvalue weighted by atomic mass is 16.1. The lowest BCUT2D eigenvalue weighted by atomic mass is 9.99. The highest BCUT2D eigenvalue weighted by molar-refractivity contribution is 5.93. The van der Waals surface area contributed by atoms with Gasteiger partial charge in [0.05, 0.1) is 11.4 Å². The second-order valence-corrected chi connectivity index (χ2v) is 5.41. The molecule has 1 saturated heterocycles. The van der Waals surface area contributed by atoms with Gasteiger partial charge in [-0.25, -0.2) is 0 Å². The predicted octanol–water partition coefficient (Wildman–Crippen LogP) is 2.33. The van der Waals surface area contributed by atoms with E-state index in [9.17, 15) is 4.79 Å². The number of nitrogen functional groups attached to an aromatic ring is 1. The standard InChI is InChI=1S/C15H23N3O/c1-12-6-9-18(10-7-12)11-8-15(19)17-14-5-3-2-4-13(14)16/h2-5,12H,6-11,16H2,1H3,(H,17,19). The smallest absolute Gasteiger partial charge is 0.225 e. The fourth-order valence-corrected chi connectivity index (χ4v) is 2.37.